The first-order valence-corrected chi connectivity index (χ1v) is 10.2. The van der Waals surface area contributed by atoms with Gasteiger partial charge in [0.05, 0.1) is 30.9 Å². The summed E-state index contributed by atoms with van der Waals surface area (Å²) in [4.78, 5) is 30.5. The number of likely N-dealkylation sites (tertiary alicyclic amines) is 1. The molecule has 2 atom stereocenters. The number of carbonyl (C=O) groups excluding carboxylic acids is 2. The Morgan fingerprint density at radius 3 is 2.76 bits per heavy atom. The number of esters is 1. The normalized spacial score (nSPS) is 26.2. The second-order valence-electron chi connectivity index (χ2n) is 8.51. The number of β-amino-alcohol motifs (C(OH)–C–C–N with tert-alkyl or cyclic N) is 1. The Hall–Kier alpha value is -2.00. The van der Waals surface area contributed by atoms with Gasteiger partial charge in [0.25, 0.3) is 0 Å². The number of hydrogen-bond donors (Lipinski definition) is 2. The van der Waals surface area contributed by atoms with E-state index in [2.05, 4.69) is 9.80 Å². The minimum Gasteiger partial charge on any atom is -0.465 e. The fourth-order valence-corrected chi connectivity index (χ4v) is 5.18. The average Bonchev–Trinajstić information content (AvgIpc) is 3.05. The van der Waals surface area contributed by atoms with E-state index in [0.717, 1.165) is 25.1 Å². The van der Waals surface area contributed by atoms with E-state index < -0.39 is 0 Å². The highest BCUT2D eigenvalue weighted by atomic mass is 16.5. The van der Waals surface area contributed by atoms with Crippen LogP contribution in [0.25, 0.3) is 0 Å². The Balaban J connectivity index is 1.48. The molecule has 3 aliphatic rings. The summed E-state index contributed by atoms with van der Waals surface area (Å²) in [5.41, 5.74) is 1.44. The highest BCUT2D eigenvalue weighted by molar-refractivity contribution is 5.89. The van der Waals surface area contributed by atoms with Crippen molar-refractivity contribution in [3.8, 4) is 0 Å². The minimum absolute atomic E-state index is 0.0164. The van der Waals surface area contributed by atoms with Gasteiger partial charge in [0.15, 0.2) is 0 Å². The third kappa shape index (κ3) is 3.90. The number of ether oxygens (including phenoxy) is 1. The van der Waals surface area contributed by atoms with E-state index in [1.54, 1.807) is 11.0 Å². The highest BCUT2D eigenvalue weighted by Crippen LogP contribution is 2.39. The van der Waals surface area contributed by atoms with Crippen molar-refractivity contribution in [3.63, 3.8) is 0 Å². The molecule has 8 heteroatoms. The quantitative estimate of drug-likeness (QED) is 0.652. The molecule has 1 amide bonds. The van der Waals surface area contributed by atoms with Gasteiger partial charge in [-0.05, 0) is 24.1 Å². The first kappa shape index (κ1) is 20.3. The molecule has 3 fully saturated rings. The van der Waals surface area contributed by atoms with Crippen LogP contribution in [0.5, 0.6) is 0 Å². The zero-order chi connectivity index (χ0) is 20.6. The van der Waals surface area contributed by atoms with Crippen LogP contribution in [-0.4, -0.2) is 101 Å². The van der Waals surface area contributed by atoms with Crippen LogP contribution >= 0.6 is 0 Å². The summed E-state index contributed by atoms with van der Waals surface area (Å²) in [6.45, 7) is 4.15. The lowest BCUT2D eigenvalue weighted by Crippen LogP contribution is -2.78. The van der Waals surface area contributed by atoms with E-state index >= 15 is 0 Å². The SMILES string of the molecule is COC(=O)c1cccc(CN2C[C@@H]3C[C@@H](O)CN3C3(C2)CN(C(=O)CCO)C3)c1. The smallest absolute Gasteiger partial charge is 0.337 e. The maximum absolute atomic E-state index is 12.2. The third-order valence-electron chi connectivity index (χ3n) is 6.39. The number of aliphatic hydroxyl groups is 2. The van der Waals surface area contributed by atoms with Crippen LogP contribution in [0.15, 0.2) is 24.3 Å². The molecule has 0 radical (unpaired) electrons. The second-order valence-corrected chi connectivity index (χ2v) is 8.51. The van der Waals surface area contributed by atoms with E-state index in [-0.39, 0.29) is 42.6 Å². The van der Waals surface area contributed by atoms with Crippen molar-refractivity contribution < 1.29 is 24.5 Å². The molecule has 3 saturated heterocycles. The zero-order valence-electron chi connectivity index (χ0n) is 16.8. The maximum Gasteiger partial charge on any atom is 0.337 e. The first-order chi connectivity index (χ1) is 13.9. The summed E-state index contributed by atoms with van der Waals surface area (Å²) in [5.74, 6) is -0.360. The molecule has 2 N–H and O–H groups in total. The molecule has 0 aliphatic carbocycles. The number of benzene rings is 1. The van der Waals surface area contributed by atoms with Gasteiger partial charge in [-0.3, -0.25) is 14.6 Å². The molecule has 4 rings (SSSR count). The maximum atomic E-state index is 12.2. The van der Waals surface area contributed by atoms with E-state index in [0.29, 0.717) is 31.7 Å². The summed E-state index contributed by atoms with van der Waals surface area (Å²) in [7, 11) is 1.38. The molecule has 0 bridgehead atoms. The predicted octanol–water partition coefficient (Wildman–Crippen LogP) is -0.313. The predicted molar refractivity (Wildman–Crippen MR) is 105 cm³/mol. The lowest BCUT2D eigenvalue weighted by molar-refractivity contribution is -0.157. The van der Waals surface area contributed by atoms with E-state index in [4.69, 9.17) is 9.84 Å². The van der Waals surface area contributed by atoms with Gasteiger partial charge in [0.1, 0.15) is 0 Å². The fourth-order valence-electron chi connectivity index (χ4n) is 5.18. The molecule has 0 unspecified atom stereocenters. The molecule has 158 valence electrons. The Kier molecular flexibility index (Phi) is 5.61. The van der Waals surface area contributed by atoms with E-state index in [1.807, 2.05) is 18.2 Å². The van der Waals surface area contributed by atoms with Crippen LogP contribution in [0.4, 0.5) is 0 Å². The van der Waals surface area contributed by atoms with Crippen LogP contribution in [0.1, 0.15) is 28.8 Å². The van der Waals surface area contributed by atoms with Gasteiger partial charge in [-0.15, -0.1) is 0 Å². The Morgan fingerprint density at radius 2 is 2.03 bits per heavy atom. The molecule has 8 nitrogen and oxygen atoms in total. The second kappa shape index (κ2) is 8.02. The molecule has 3 heterocycles. The van der Waals surface area contributed by atoms with Gasteiger partial charge in [-0.25, -0.2) is 4.79 Å². The monoisotopic (exact) mass is 403 g/mol. The number of aliphatic hydroxyl groups excluding tert-OH is 2. The number of carbonyl (C=O) groups is 2. The number of methoxy groups -OCH3 is 1. The van der Waals surface area contributed by atoms with Gasteiger partial charge < -0.3 is 19.8 Å². The molecule has 0 aromatic heterocycles. The van der Waals surface area contributed by atoms with Crippen molar-refractivity contribution in [2.45, 2.75) is 37.1 Å². The van der Waals surface area contributed by atoms with Gasteiger partial charge in [0, 0.05) is 51.7 Å². The van der Waals surface area contributed by atoms with Gasteiger partial charge in [0.2, 0.25) is 5.91 Å². The van der Waals surface area contributed by atoms with E-state index in [9.17, 15) is 14.7 Å². The van der Waals surface area contributed by atoms with Crippen molar-refractivity contribution in [1.29, 1.82) is 0 Å². The molecule has 1 aromatic carbocycles. The standard InChI is InChI=1S/C21H29N3O5/c1-29-20(28)16-4-2-3-15(7-16)9-22-10-17-8-18(26)11-24(17)21(12-22)13-23(14-21)19(27)5-6-25/h2-4,7,17-18,25-26H,5-6,8-14H2,1H3/t17-,18+/m0/s1. The minimum atomic E-state index is -0.343. The zero-order valence-corrected chi connectivity index (χ0v) is 16.8. The third-order valence-corrected chi connectivity index (χ3v) is 6.39. The lowest BCUT2D eigenvalue weighted by atomic mass is 9.83. The Morgan fingerprint density at radius 1 is 1.24 bits per heavy atom. The molecule has 0 saturated carbocycles. The molecule has 29 heavy (non-hydrogen) atoms. The molecular formula is C21H29N3O5. The molecule has 1 spiro atoms. The topological polar surface area (TPSA) is 93.5 Å². The number of nitrogens with zero attached hydrogens (tertiary/aromatic N) is 3. The van der Waals surface area contributed by atoms with E-state index in [1.165, 1.54) is 7.11 Å². The molecule has 3 aliphatic heterocycles. The molecular weight excluding hydrogens is 374 g/mol. The molecule has 1 aromatic rings. The van der Waals surface area contributed by atoms with Gasteiger partial charge >= 0.3 is 5.97 Å². The van der Waals surface area contributed by atoms with Crippen molar-refractivity contribution >= 4 is 11.9 Å². The number of rotatable bonds is 5. The van der Waals surface area contributed by atoms with Crippen molar-refractivity contribution in [3.05, 3.63) is 35.4 Å². The van der Waals surface area contributed by atoms with Crippen molar-refractivity contribution in [2.75, 3.05) is 46.4 Å². The van der Waals surface area contributed by atoms with Crippen molar-refractivity contribution in [1.82, 2.24) is 14.7 Å². The fraction of sp³-hybridized carbons (Fsp3) is 0.619. The number of amides is 1. The lowest BCUT2D eigenvalue weighted by Gasteiger charge is -2.61. The number of fused-ring (bicyclic) bond motifs is 2. The average molecular weight is 403 g/mol. The Labute approximate surface area is 170 Å². The number of hydrogen-bond acceptors (Lipinski definition) is 7. The van der Waals surface area contributed by atoms with Gasteiger partial charge in [-0.1, -0.05) is 12.1 Å². The first-order valence-electron chi connectivity index (χ1n) is 10.2. The van der Waals surface area contributed by atoms with Crippen LogP contribution in [0, 0.1) is 0 Å². The summed E-state index contributed by atoms with van der Waals surface area (Å²) in [6.07, 6.45) is 0.568. The van der Waals surface area contributed by atoms with Crippen LogP contribution < -0.4 is 0 Å². The Bertz CT molecular complexity index is 779. The number of piperazine rings is 1. The largest absolute Gasteiger partial charge is 0.465 e. The van der Waals surface area contributed by atoms with Crippen LogP contribution in [0.3, 0.4) is 0 Å². The summed E-state index contributed by atoms with van der Waals surface area (Å²) >= 11 is 0. The van der Waals surface area contributed by atoms with Crippen LogP contribution in [0.2, 0.25) is 0 Å². The highest BCUT2D eigenvalue weighted by Gasteiger charge is 2.56. The van der Waals surface area contributed by atoms with Crippen molar-refractivity contribution in [2.24, 2.45) is 0 Å². The summed E-state index contributed by atoms with van der Waals surface area (Å²) < 4.78 is 4.82. The summed E-state index contributed by atoms with van der Waals surface area (Å²) in [6, 6.07) is 7.75. The summed E-state index contributed by atoms with van der Waals surface area (Å²) in [5, 5.41) is 19.3. The van der Waals surface area contributed by atoms with Crippen LogP contribution in [-0.2, 0) is 16.1 Å². The van der Waals surface area contributed by atoms with Gasteiger partial charge in [-0.2, -0.15) is 0 Å².